The Morgan fingerprint density at radius 3 is 3.23 bits per heavy atom. The van der Waals surface area contributed by atoms with E-state index >= 15 is 0 Å². The van der Waals surface area contributed by atoms with Gasteiger partial charge in [0.25, 0.3) is 0 Å². The molecular weight excluding hydrogens is 166 g/mol. The van der Waals surface area contributed by atoms with E-state index in [2.05, 4.69) is 10.3 Å². The molecule has 1 aromatic heterocycles. The van der Waals surface area contributed by atoms with Crippen LogP contribution in [0.1, 0.15) is 24.4 Å². The molecule has 1 aromatic rings. The third kappa shape index (κ3) is 1.52. The molecule has 2 heterocycles. The van der Waals surface area contributed by atoms with Crippen molar-refractivity contribution in [3.63, 3.8) is 0 Å². The first-order chi connectivity index (χ1) is 6.42. The van der Waals surface area contributed by atoms with Gasteiger partial charge in [-0.2, -0.15) is 0 Å². The first-order valence-electron chi connectivity index (χ1n) is 4.41. The van der Waals surface area contributed by atoms with E-state index in [-0.39, 0.29) is 6.04 Å². The molecule has 1 atom stereocenters. The molecule has 13 heavy (non-hydrogen) atoms. The molecule has 0 aromatic carbocycles. The lowest BCUT2D eigenvalue weighted by Gasteiger charge is -2.17. The highest BCUT2D eigenvalue weighted by Gasteiger charge is 2.25. The van der Waals surface area contributed by atoms with Crippen molar-refractivity contribution in [2.75, 3.05) is 6.54 Å². The molecule has 1 aliphatic rings. The Hall–Kier alpha value is -1.45. The number of nitrogens with zero attached hydrogens (tertiary/aromatic N) is 3. The maximum atomic E-state index is 10.4. The standard InChI is InChI=1S/C9H11N3O/c13-11-12-6-2-4-9(12)8-3-1-5-10-7-8/h1,3,5,7,9H,2,4,6H2/t9-/m0/s1. The van der Waals surface area contributed by atoms with Crippen LogP contribution < -0.4 is 0 Å². The zero-order valence-electron chi connectivity index (χ0n) is 7.26. The number of hydrogen-bond donors (Lipinski definition) is 0. The van der Waals surface area contributed by atoms with Crippen LogP contribution in [0.3, 0.4) is 0 Å². The summed E-state index contributed by atoms with van der Waals surface area (Å²) in [6.07, 6.45) is 5.56. The van der Waals surface area contributed by atoms with E-state index < -0.39 is 0 Å². The molecule has 1 fully saturated rings. The summed E-state index contributed by atoms with van der Waals surface area (Å²) in [7, 11) is 0. The number of rotatable bonds is 2. The fourth-order valence-electron chi connectivity index (χ4n) is 1.76. The minimum Gasteiger partial charge on any atom is -0.264 e. The molecule has 2 rings (SSSR count). The van der Waals surface area contributed by atoms with Crippen molar-refractivity contribution in [2.45, 2.75) is 18.9 Å². The molecule has 0 radical (unpaired) electrons. The van der Waals surface area contributed by atoms with Crippen LogP contribution in [0.25, 0.3) is 0 Å². The second-order valence-electron chi connectivity index (χ2n) is 3.19. The lowest BCUT2D eigenvalue weighted by molar-refractivity contribution is 0.266. The highest BCUT2D eigenvalue weighted by Crippen LogP contribution is 2.30. The van der Waals surface area contributed by atoms with Crippen LogP contribution >= 0.6 is 0 Å². The van der Waals surface area contributed by atoms with Crippen molar-refractivity contribution in [3.05, 3.63) is 35.0 Å². The van der Waals surface area contributed by atoms with E-state index in [1.807, 2.05) is 12.1 Å². The quantitative estimate of drug-likeness (QED) is 0.648. The van der Waals surface area contributed by atoms with Crippen molar-refractivity contribution in [2.24, 2.45) is 5.29 Å². The zero-order valence-corrected chi connectivity index (χ0v) is 7.26. The Morgan fingerprint density at radius 1 is 1.62 bits per heavy atom. The third-order valence-electron chi connectivity index (χ3n) is 2.40. The highest BCUT2D eigenvalue weighted by atomic mass is 16.3. The summed E-state index contributed by atoms with van der Waals surface area (Å²) in [5.74, 6) is 0. The molecule has 0 amide bonds. The summed E-state index contributed by atoms with van der Waals surface area (Å²) >= 11 is 0. The van der Waals surface area contributed by atoms with Crippen LogP contribution in [-0.4, -0.2) is 16.5 Å². The fraction of sp³-hybridized carbons (Fsp3) is 0.444. The van der Waals surface area contributed by atoms with Crippen molar-refractivity contribution in [1.82, 2.24) is 9.99 Å². The van der Waals surface area contributed by atoms with Gasteiger partial charge in [-0.15, -0.1) is 4.91 Å². The van der Waals surface area contributed by atoms with Gasteiger partial charge in [-0.3, -0.25) is 9.99 Å². The Morgan fingerprint density at radius 2 is 2.54 bits per heavy atom. The summed E-state index contributed by atoms with van der Waals surface area (Å²) in [6, 6.07) is 4.02. The lowest BCUT2D eigenvalue weighted by Crippen LogP contribution is -2.15. The van der Waals surface area contributed by atoms with E-state index in [4.69, 9.17) is 0 Å². The minimum atomic E-state index is 0.145. The largest absolute Gasteiger partial charge is 0.264 e. The second-order valence-corrected chi connectivity index (χ2v) is 3.19. The van der Waals surface area contributed by atoms with E-state index in [0.29, 0.717) is 0 Å². The van der Waals surface area contributed by atoms with Crippen LogP contribution in [0.5, 0.6) is 0 Å². The zero-order chi connectivity index (χ0) is 9.10. The Balaban J connectivity index is 2.21. The first kappa shape index (κ1) is 8.16. The van der Waals surface area contributed by atoms with Crippen LogP contribution in [0.15, 0.2) is 29.8 Å². The minimum absolute atomic E-state index is 0.145. The fourth-order valence-corrected chi connectivity index (χ4v) is 1.76. The monoisotopic (exact) mass is 177 g/mol. The first-order valence-corrected chi connectivity index (χ1v) is 4.41. The summed E-state index contributed by atoms with van der Waals surface area (Å²) in [4.78, 5) is 14.5. The van der Waals surface area contributed by atoms with Gasteiger partial charge in [0.2, 0.25) is 0 Å². The highest BCUT2D eigenvalue weighted by molar-refractivity contribution is 5.14. The van der Waals surface area contributed by atoms with Gasteiger partial charge >= 0.3 is 0 Å². The second kappa shape index (κ2) is 3.51. The third-order valence-corrected chi connectivity index (χ3v) is 2.40. The molecule has 0 bridgehead atoms. The average Bonchev–Trinajstić information content (AvgIpc) is 2.67. The van der Waals surface area contributed by atoms with Crippen LogP contribution in [0, 0.1) is 4.91 Å². The van der Waals surface area contributed by atoms with Crippen molar-refractivity contribution in [3.8, 4) is 0 Å². The van der Waals surface area contributed by atoms with Gasteiger partial charge in [-0.25, -0.2) is 0 Å². The van der Waals surface area contributed by atoms with Gasteiger partial charge in [0.05, 0.1) is 11.3 Å². The summed E-state index contributed by atoms with van der Waals surface area (Å²) < 4.78 is 0. The van der Waals surface area contributed by atoms with Gasteiger partial charge in [0, 0.05) is 18.9 Å². The SMILES string of the molecule is O=NN1CCC[C@H]1c1cccnc1. The molecule has 0 spiro atoms. The predicted octanol–water partition coefficient (Wildman–Crippen LogP) is 1.90. The molecule has 0 aliphatic carbocycles. The number of hydrogen-bond acceptors (Lipinski definition) is 3. The Bertz CT molecular complexity index is 288. The predicted molar refractivity (Wildman–Crippen MR) is 48.7 cm³/mol. The summed E-state index contributed by atoms with van der Waals surface area (Å²) in [6.45, 7) is 0.767. The molecule has 0 N–H and O–H groups in total. The molecule has 0 unspecified atom stereocenters. The average molecular weight is 177 g/mol. The maximum Gasteiger partial charge on any atom is 0.0767 e. The number of pyridine rings is 1. The van der Waals surface area contributed by atoms with E-state index in [1.54, 1.807) is 17.4 Å². The topological polar surface area (TPSA) is 45.6 Å². The summed E-state index contributed by atoms with van der Waals surface area (Å²) in [5.41, 5.74) is 1.08. The van der Waals surface area contributed by atoms with Crippen LogP contribution in [-0.2, 0) is 0 Å². The van der Waals surface area contributed by atoms with Crippen LogP contribution in [0.4, 0.5) is 0 Å². The number of nitroso groups, excluding NO2 is 1. The molecule has 0 saturated carbocycles. The van der Waals surface area contributed by atoms with Crippen molar-refractivity contribution < 1.29 is 0 Å². The van der Waals surface area contributed by atoms with Crippen molar-refractivity contribution >= 4 is 0 Å². The Labute approximate surface area is 76.5 Å². The Kier molecular flexibility index (Phi) is 2.21. The normalized spacial score (nSPS) is 21.8. The molecule has 68 valence electrons. The van der Waals surface area contributed by atoms with Gasteiger partial charge in [0.1, 0.15) is 0 Å². The van der Waals surface area contributed by atoms with Crippen molar-refractivity contribution in [1.29, 1.82) is 0 Å². The van der Waals surface area contributed by atoms with E-state index in [9.17, 15) is 4.91 Å². The van der Waals surface area contributed by atoms with Gasteiger partial charge < -0.3 is 0 Å². The van der Waals surface area contributed by atoms with Gasteiger partial charge in [-0.05, 0) is 24.5 Å². The molecule has 1 saturated heterocycles. The maximum absolute atomic E-state index is 10.4. The number of aromatic nitrogens is 1. The summed E-state index contributed by atoms with van der Waals surface area (Å²) in [5, 5.41) is 4.60. The molecule has 4 nitrogen and oxygen atoms in total. The van der Waals surface area contributed by atoms with E-state index in [1.165, 1.54) is 0 Å². The van der Waals surface area contributed by atoms with Gasteiger partial charge in [0.15, 0.2) is 0 Å². The molecular formula is C9H11N3O. The molecule has 4 heteroatoms. The molecule has 1 aliphatic heterocycles. The van der Waals surface area contributed by atoms with Gasteiger partial charge in [-0.1, -0.05) is 6.07 Å². The smallest absolute Gasteiger partial charge is 0.0767 e. The van der Waals surface area contributed by atoms with Crippen LogP contribution in [0.2, 0.25) is 0 Å². The lowest BCUT2D eigenvalue weighted by atomic mass is 10.1. The van der Waals surface area contributed by atoms with E-state index in [0.717, 1.165) is 24.9 Å².